The van der Waals surface area contributed by atoms with Crippen molar-refractivity contribution in [3.63, 3.8) is 0 Å². The second kappa shape index (κ2) is 5.43. The van der Waals surface area contributed by atoms with E-state index in [4.69, 9.17) is 0 Å². The highest BCUT2D eigenvalue weighted by molar-refractivity contribution is 7.89. The van der Waals surface area contributed by atoms with E-state index in [1.807, 2.05) is 11.9 Å². The van der Waals surface area contributed by atoms with Crippen LogP contribution in [0, 0.1) is 15.9 Å². The number of rotatable bonds is 3. The van der Waals surface area contributed by atoms with Gasteiger partial charge in [-0.2, -0.15) is 8.70 Å². The van der Waals surface area contributed by atoms with Crippen molar-refractivity contribution in [2.24, 2.45) is 0 Å². The van der Waals surface area contributed by atoms with E-state index in [0.29, 0.717) is 26.2 Å². The normalized spacial score (nSPS) is 18.1. The highest BCUT2D eigenvalue weighted by Gasteiger charge is 2.29. The van der Waals surface area contributed by atoms with E-state index < -0.39 is 26.5 Å². The summed E-state index contributed by atoms with van der Waals surface area (Å²) in [5.74, 6) is -1.05. The van der Waals surface area contributed by atoms with Gasteiger partial charge in [0.25, 0.3) is 0 Å². The monoisotopic (exact) mass is 303 g/mol. The maximum atomic E-state index is 13.2. The van der Waals surface area contributed by atoms with Crippen molar-refractivity contribution in [1.82, 2.24) is 9.21 Å². The van der Waals surface area contributed by atoms with Gasteiger partial charge in [0.15, 0.2) is 0 Å². The van der Waals surface area contributed by atoms with Crippen molar-refractivity contribution in [3.05, 3.63) is 34.1 Å². The second-order valence-corrected chi connectivity index (χ2v) is 6.52. The maximum absolute atomic E-state index is 13.2. The molecule has 0 aliphatic carbocycles. The van der Waals surface area contributed by atoms with Crippen LogP contribution in [0.5, 0.6) is 0 Å². The fraction of sp³-hybridized carbons (Fsp3) is 0.455. The first kappa shape index (κ1) is 14.8. The van der Waals surface area contributed by atoms with Gasteiger partial charge in [-0.3, -0.25) is 10.1 Å². The SMILES string of the molecule is CN1CCN(S(=O)(=O)c2ccc(F)c([N+](=O)[O-])c2)CC1. The number of nitrogens with zero attached hydrogens (tertiary/aromatic N) is 3. The zero-order valence-electron chi connectivity index (χ0n) is 10.8. The van der Waals surface area contributed by atoms with E-state index in [0.717, 1.165) is 18.2 Å². The van der Waals surface area contributed by atoms with Gasteiger partial charge >= 0.3 is 5.69 Å². The topological polar surface area (TPSA) is 83.8 Å². The Hall–Kier alpha value is -1.58. The molecule has 1 aliphatic heterocycles. The lowest BCUT2D eigenvalue weighted by Crippen LogP contribution is -2.47. The minimum Gasteiger partial charge on any atom is -0.304 e. The van der Waals surface area contributed by atoms with Crippen LogP contribution in [0.15, 0.2) is 23.1 Å². The molecule has 0 bridgehead atoms. The molecule has 1 saturated heterocycles. The van der Waals surface area contributed by atoms with E-state index in [1.165, 1.54) is 4.31 Å². The molecule has 0 spiro atoms. The Morgan fingerprint density at radius 3 is 2.40 bits per heavy atom. The Balaban J connectivity index is 2.35. The maximum Gasteiger partial charge on any atom is 0.306 e. The smallest absolute Gasteiger partial charge is 0.304 e. The molecular weight excluding hydrogens is 289 g/mol. The molecule has 1 heterocycles. The molecule has 1 aromatic rings. The molecular formula is C11H14FN3O4S. The van der Waals surface area contributed by atoms with Crippen molar-refractivity contribution < 1.29 is 17.7 Å². The Kier molecular flexibility index (Phi) is 4.02. The van der Waals surface area contributed by atoms with Crippen LogP contribution >= 0.6 is 0 Å². The lowest BCUT2D eigenvalue weighted by molar-refractivity contribution is -0.387. The third-order valence-corrected chi connectivity index (χ3v) is 5.11. The van der Waals surface area contributed by atoms with Gasteiger partial charge in [-0.25, -0.2) is 8.42 Å². The fourth-order valence-electron chi connectivity index (χ4n) is 1.97. The van der Waals surface area contributed by atoms with E-state index in [2.05, 4.69) is 0 Å². The molecule has 0 atom stereocenters. The first-order chi connectivity index (χ1) is 9.32. The van der Waals surface area contributed by atoms with Crippen molar-refractivity contribution in [1.29, 1.82) is 0 Å². The number of sulfonamides is 1. The summed E-state index contributed by atoms with van der Waals surface area (Å²) in [4.78, 5) is 11.5. The molecule has 1 fully saturated rings. The average molecular weight is 303 g/mol. The molecule has 1 aliphatic rings. The lowest BCUT2D eigenvalue weighted by atomic mass is 10.3. The number of nitro groups is 1. The number of hydrogen-bond donors (Lipinski definition) is 0. The molecule has 7 nitrogen and oxygen atoms in total. The van der Waals surface area contributed by atoms with Crippen LogP contribution in [0.2, 0.25) is 0 Å². The van der Waals surface area contributed by atoms with Gasteiger partial charge in [-0.15, -0.1) is 0 Å². The Bertz CT molecular complexity index is 627. The molecule has 0 unspecified atom stereocenters. The summed E-state index contributed by atoms with van der Waals surface area (Å²) < 4.78 is 39.2. The van der Waals surface area contributed by atoms with Gasteiger partial charge in [0.1, 0.15) is 0 Å². The van der Waals surface area contributed by atoms with Crippen molar-refractivity contribution in [2.45, 2.75) is 4.90 Å². The second-order valence-electron chi connectivity index (χ2n) is 4.58. The molecule has 0 aromatic heterocycles. The minimum atomic E-state index is -3.82. The Morgan fingerprint density at radius 2 is 1.85 bits per heavy atom. The summed E-state index contributed by atoms with van der Waals surface area (Å²) >= 11 is 0. The molecule has 2 rings (SSSR count). The van der Waals surface area contributed by atoms with E-state index in [9.17, 15) is 22.9 Å². The van der Waals surface area contributed by atoms with Crippen LogP contribution in [-0.4, -0.2) is 55.8 Å². The van der Waals surface area contributed by atoms with E-state index in [-0.39, 0.29) is 4.90 Å². The summed E-state index contributed by atoms with van der Waals surface area (Å²) in [5.41, 5.74) is -0.833. The summed E-state index contributed by atoms with van der Waals surface area (Å²) in [7, 11) is -1.94. The number of halogens is 1. The molecule has 0 amide bonds. The third-order valence-electron chi connectivity index (χ3n) is 3.21. The number of likely N-dealkylation sites (N-methyl/N-ethyl adjacent to an activating group) is 1. The Labute approximate surface area is 115 Å². The summed E-state index contributed by atoms with van der Waals surface area (Å²) in [5, 5.41) is 10.7. The first-order valence-electron chi connectivity index (χ1n) is 5.95. The molecule has 0 radical (unpaired) electrons. The van der Waals surface area contributed by atoms with Gasteiger partial charge in [0, 0.05) is 32.2 Å². The zero-order valence-corrected chi connectivity index (χ0v) is 11.6. The number of nitro benzene ring substituents is 1. The van der Waals surface area contributed by atoms with Gasteiger partial charge in [-0.05, 0) is 19.2 Å². The molecule has 9 heteroatoms. The average Bonchev–Trinajstić information content (AvgIpc) is 2.39. The minimum absolute atomic E-state index is 0.254. The van der Waals surface area contributed by atoms with Crippen LogP contribution in [-0.2, 0) is 10.0 Å². The van der Waals surface area contributed by atoms with Crippen LogP contribution in [0.1, 0.15) is 0 Å². The molecule has 0 saturated carbocycles. The molecule has 0 N–H and O–H groups in total. The van der Waals surface area contributed by atoms with Crippen molar-refractivity contribution in [2.75, 3.05) is 33.2 Å². The number of benzene rings is 1. The summed E-state index contributed by atoms with van der Waals surface area (Å²) in [6, 6.07) is 2.63. The first-order valence-corrected chi connectivity index (χ1v) is 7.39. The quantitative estimate of drug-likeness (QED) is 0.605. The van der Waals surface area contributed by atoms with Crippen molar-refractivity contribution in [3.8, 4) is 0 Å². The van der Waals surface area contributed by atoms with Crippen molar-refractivity contribution >= 4 is 15.7 Å². The largest absolute Gasteiger partial charge is 0.306 e. The molecule has 1 aromatic carbocycles. The van der Waals surface area contributed by atoms with E-state index >= 15 is 0 Å². The number of hydrogen-bond acceptors (Lipinski definition) is 5. The standard InChI is InChI=1S/C11H14FN3O4S/c1-13-4-6-14(7-5-13)20(18,19)9-2-3-10(12)11(8-9)15(16)17/h2-3,8H,4-7H2,1H3. The summed E-state index contributed by atoms with van der Waals surface area (Å²) in [6.07, 6.45) is 0. The van der Waals surface area contributed by atoms with Crippen LogP contribution in [0.4, 0.5) is 10.1 Å². The highest BCUT2D eigenvalue weighted by atomic mass is 32.2. The van der Waals surface area contributed by atoms with Gasteiger partial charge in [0.05, 0.1) is 9.82 Å². The van der Waals surface area contributed by atoms with Gasteiger partial charge in [-0.1, -0.05) is 0 Å². The van der Waals surface area contributed by atoms with Gasteiger partial charge < -0.3 is 4.90 Å². The van der Waals surface area contributed by atoms with E-state index in [1.54, 1.807) is 0 Å². The zero-order chi connectivity index (χ0) is 14.9. The molecule has 110 valence electrons. The van der Waals surface area contributed by atoms with Crippen LogP contribution < -0.4 is 0 Å². The summed E-state index contributed by atoms with van der Waals surface area (Å²) in [6.45, 7) is 1.79. The van der Waals surface area contributed by atoms with Gasteiger partial charge in [0.2, 0.25) is 15.8 Å². The lowest BCUT2D eigenvalue weighted by Gasteiger charge is -2.31. The highest BCUT2D eigenvalue weighted by Crippen LogP contribution is 2.24. The predicted octanol–water partition coefficient (Wildman–Crippen LogP) is 0.670. The predicted molar refractivity (Wildman–Crippen MR) is 69.3 cm³/mol. The number of piperazine rings is 1. The van der Waals surface area contributed by atoms with Crippen LogP contribution in [0.3, 0.4) is 0 Å². The fourth-order valence-corrected chi connectivity index (χ4v) is 3.41. The molecule has 20 heavy (non-hydrogen) atoms. The van der Waals surface area contributed by atoms with Crippen LogP contribution in [0.25, 0.3) is 0 Å². The Morgan fingerprint density at radius 1 is 1.25 bits per heavy atom. The third kappa shape index (κ3) is 2.79.